The van der Waals surface area contributed by atoms with Crippen LogP contribution in [0, 0.1) is 0 Å². The van der Waals surface area contributed by atoms with Crippen molar-refractivity contribution < 1.29 is 22.4 Å². The predicted molar refractivity (Wildman–Crippen MR) is 93.7 cm³/mol. The van der Waals surface area contributed by atoms with E-state index in [1.54, 1.807) is 30.3 Å². The van der Waals surface area contributed by atoms with E-state index in [2.05, 4.69) is 20.4 Å². The Hall–Kier alpha value is -3.43. The maximum Gasteiger partial charge on any atom is 0.453 e. The van der Waals surface area contributed by atoms with Crippen LogP contribution in [0.2, 0.25) is 0 Å². The molecule has 148 valence electrons. The Morgan fingerprint density at radius 1 is 1.17 bits per heavy atom. The molecule has 0 saturated carbocycles. The van der Waals surface area contributed by atoms with Crippen LogP contribution in [0.3, 0.4) is 0 Å². The molecule has 3 aromatic rings. The molecule has 0 aromatic carbocycles. The summed E-state index contributed by atoms with van der Waals surface area (Å²) in [4.78, 5) is 21.0. The normalized spacial score (nSPS) is 21.6. The number of carbonyl (C=O) groups excluding carboxylic acids is 1. The summed E-state index contributed by atoms with van der Waals surface area (Å²) < 4.78 is 46.2. The number of furan rings is 1. The molecule has 2 aliphatic rings. The van der Waals surface area contributed by atoms with Crippen LogP contribution in [0.5, 0.6) is 0 Å². The Labute approximate surface area is 162 Å². The van der Waals surface area contributed by atoms with Crippen molar-refractivity contribution in [2.45, 2.75) is 31.0 Å². The van der Waals surface area contributed by atoms with Gasteiger partial charge in [-0.15, -0.1) is 5.10 Å². The molecule has 29 heavy (non-hydrogen) atoms. The summed E-state index contributed by atoms with van der Waals surface area (Å²) in [6, 6.07) is 7.71. The highest BCUT2D eigenvalue weighted by atomic mass is 19.4. The zero-order valence-corrected chi connectivity index (χ0v) is 14.8. The molecule has 0 radical (unpaired) electrons. The van der Waals surface area contributed by atoms with Crippen LogP contribution in [0.25, 0.3) is 0 Å². The summed E-state index contributed by atoms with van der Waals surface area (Å²) >= 11 is 0. The van der Waals surface area contributed by atoms with Crippen molar-refractivity contribution in [3.8, 4) is 0 Å². The van der Waals surface area contributed by atoms with E-state index in [0.29, 0.717) is 29.1 Å². The monoisotopic (exact) mass is 401 g/mol. The number of pyridine rings is 1. The SMILES string of the molecule is O=C1CC(c2ccco2)CC2=C1C(c1ccccn1)n1nc(C(F)(F)F)nc1N2. The van der Waals surface area contributed by atoms with E-state index in [9.17, 15) is 18.0 Å². The number of rotatable bonds is 2. The van der Waals surface area contributed by atoms with Gasteiger partial charge in [-0.3, -0.25) is 9.78 Å². The lowest BCUT2D eigenvalue weighted by Gasteiger charge is -2.34. The molecule has 3 aromatic heterocycles. The Bertz CT molecular complexity index is 1100. The summed E-state index contributed by atoms with van der Waals surface area (Å²) in [6.07, 6.45) is -1.06. The van der Waals surface area contributed by atoms with Gasteiger partial charge in [0.1, 0.15) is 11.8 Å². The molecule has 5 rings (SSSR count). The minimum Gasteiger partial charge on any atom is -0.469 e. The van der Waals surface area contributed by atoms with Crippen molar-refractivity contribution in [3.05, 3.63) is 71.3 Å². The van der Waals surface area contributed by atoms with Crippen molar-refractivity contribution in [3.63, 3.8) is 0 Å². The summed E-state index contributed by atoms with van der Waals surface area (Å²) in [7, 11) is 0. The smallest absolute Gasteiger partial charge is 0.453 e. The molecule has 1 aliphatic carbocycles. The molecule has 2 atom stereocenters. The fourth-order valence-corrected chi connectivity index (χ4v) is 3.87. The predicted octanol–water partition coefficient (Wildman–Crippen LogP) is 3.70. The first-order chi connectivity index (χ1) is 13.9. The van der Waals surface area contributed by atoms with Gasteiger partial charge in [0.25, 0.3) is 5.82 Å². The number of ketones is 1. The van der Waals surface area contributed by atoms with Gasteiger partial charge in [-0.2, -0.15) is 18.2 Å². The number of fused-ring (bicyclic) bond motifs is 1. The number of allylic oxidation sites excluding steroid dienone is 2. The van der Waals surface area contributed by atoms with Crippen LogP contribution in [-0.4, -0.2) is 25.5 Å². The van der Waals surface area contributed by atoms with E-state index >= 15 is 0 Å². The first-order valence-electron chi connectivity index (χ1n) is 8.93. The molecule has 2 unspecified atom stereocenters. The quantitative estimate of drug-likeness (QED) is 0.705. The summed E-state index contributed by atoms with van der Waals surface area (Å²) in [6.45, 7) is 0. The second-order valence-corrected chi connectivity index (χ2v) is 6.92. The van der Waals surface area contributed by atoms with Gasteiger partial charge in [-0.1, -0.05) is 6.07 Å². The standard InChI is InChI=1S/C19H14F3N5O2/c20-19(21,22)17-25-18-24-12-8-10(14-5-3-7-29-14)9-13(28)15(12)16(27(18)26-17)11-4-1-2-6-23-11/h1-7,10,16H,8-9H2,(H,24,25,26). The molecule has 1 aliphatic heterocycles. The molecule has 0 fully saturated rings. The molecule has 0 amide bonds. The molecule has 1 N–H and O–H groups in total. The van der Waals surface area contributed by atoms with E-state index < -0.39 is 18.0 Å². The third kappa shape index (κ3) is 2.91. The van der Waals surface area contributed by atoms with Crippen molar-refractivity contribution >= 4 is 11.7 Å². The van der Waals surface area contributed by atoms with E-state index in [1.807, 2.05) is 0 Å². The highest BCUT2D eigenvalue weighted by Crippen LogP contribution is 2.44. The largest absolute Gasteiger partial charge is 0.469 e. The van der Waals surface area contributed by atoms with Gasteiger partial charge in [0.15, 0.2) is 5.78 Å². The zero-order valence-electron chi connectivity index (χ0n) is 14.8. The highest BCUT2D eigenvalue weighted by Gasteiger charge is 2.44. The van der Waals surface area contributed by atoms with Crippen molar-refractivity contribution in [1.29, 1.82) is 0 Å². The third-order valence-corrected chi connectivity index (χ3v) is 5.09. The fraction of sp³-hybridized carbons (Fsp3) is 0.263. The second-order valence-electron chi connectivity index (χ2n) is 6.92. The van der Waals surface area contributed by atoms with Crippen LogP contribution in [0.1, 0.15) is 42.1 Å². The number of aromatic nitrogens is 4. The second kappa shape index (κ2) is 6.29. The van der Waals surface area contributed by atoms with Crippen molar-refractivity contribution in [2.24, 2.45) is 0 Å². The Balaban J connectivity index is 1.64. The molecule has 10 heteroatoms. The van der Waals surface area contributed by atoms with E-state index in [4.69, 9.17) is 4.42 Å². The van der Waals surface area contributed by atoms with Crippen LogP contribution < -0.4 is 5.32 Å². The van der Waals surface area contributed by atoms with Crippen LogP contribution in [-0.2, 0) is 11.0 Å². The van der Waals surface area contributed by atoms with E-state index in [-0.39, 0.29) is 24.1 Å². The fourth-order valence-electron chi connectivity index (χ4n) is 3.87. The first kappa shape index (κ1) is 17.7. The highest BCUT2D eigenvalue weighted by molar-refractivity contribution is 6.00. The molecule has 0 spiro atoms. The minimum absolute atomic E-state index is 0.0698. The van der Waals surface area contributed by atoms with Crippen LogP contribution in [0.15, 0.2) is 58.5 Å². The van der Waals surface area contributed by atoms with E-state index in [1.165, 1.54) is 12.5 Å². The summed E-state index contributed by atoms with van der Waals surface area (Å²) in [5.74, 6) is -1.07. The molecular weight excluding hydrogens is 387 g/mol. The first-order valence-corrected chi connectivity index (χ1v) is 8.93. The molecule has 0 bridgehead atoms. The Morgan fingerprint density at radius 2 is 2.03 bits per heavy atom. The van der Waals surface area contributed by atoms with Gasteiger partial charge in [-0.05, 0) is 30.7 Å². The Kier molecular flexibility index (Phi) is 3.83. The maximum atomic E-state index is 13.2. The molecule has 4 heterocycles. The van der Waals surface area contributed by atoms with E-state index in [0.717, 1.165) is 4.68 Å². The lowest BCUT2D eigenvalue weighted by Crippen LogP contribution is -2.34. The number of halogens is 3. The topological polar surface area (TPSA) is 85.8 Å². The molecule has 7 nitrogen and oxygen atoms in total. The number of alkyl halides is 3. The maximum absolute atomic E-state index is 13.2. The van der Waals surface area contributed by atoms with Crippen molar-refractivity contribution in [2.75, 3.05) is 5.32 Å². The zero-order chi connectivity index (χ0) is 20.2. The average molecular weight is 401 g/mol. The number of Topliss-reactive ketones (excluding diaryl/α,β-unsaturated/α-hetero) is 1. The summed E-state index contributed by atoms with van der Waals surface area (Å²) in [5.41, 5.74) is 1.30. The Morgan fingerprint density at radius 3 is 2.72 bits per heavy atom. The van der Waals surface area contributed by atoms with Gasteiger partial charge < -0.3 is 9.73 Å². The number of hydrogen-bond acceptors (Lipinski definition) is 6. The molecule has 0 saturated heterocycles. The lowest BCUT2D eigenvalue weighted by atomic mass is 9.80. The third-order valence-electron chi connectivity index (χ3n) is 5.09. The summed E-state index contributed by atoms with van der Waals surface area (Å²) in [5, 5.41) is 6.54. The van der Waals surface area contributed by atoms with Gasteiger partial charge >= 0.3 is 6.18 Å². The van der Waals surface area contributed by atoms with Gasteiger partial charge in [0, 0.05) is 29.8 Å². The number of nitrogens with one attached hydrogen (secondary N) is 1. The molecular formula is C19H14F3N5O2. The van der Waals surface area contributed by atoms with Crippen LogP contribution >= 0.6 is 0 Å². The number of anilines is 1. The number of hydrogen-bond donors (Lipinski definition) is 1. The van der Waals surface area contributed by atoms with Crippen LogP contribution in [0.4, 0.5) is 19.1 Å². The number of carbonyl (C=O) groups is 1. The average Bonchev–Trinajstić information content (AvgIpc) is 3.36. The lowest BCUT2D eigenvalue weighted by molar-refractivity contribution is -0.145. The van der Waals surface area contributed by atoms with Gasteiger partial charge in [0.05, 0.1) is 12.0 Å². The van der Waals surface area contributed by atoms with Gasteiger partial charge in [-0.25, -0.2) is 4.68 Å². The number of nitrogens with zero attached hydrogens (tertiary/aromatic N) is 4. The van der Waals surface area contributed by atoms with Crippen molar-refractivity contribution in [1.82, 2.24) is 19.7 Å². The minimum atomic E-state index is -4.71. The van der Waals surface area contributed by atoms with Gasteiger partial charge in [0.2, 0.25) is 5.95 Å².